The van der Waals surface area contributed by atoms with Gasteiger partial charge in [0.05, 0.1) is 29.5 Å². The Bertz CT molecular complexity index is 918. The minimum atomic E-state index is -0.658. The van der Waals surface area contributed by atoms with E-state index in [9.17, 15) is 9.59 Å². The van der Waals surface area contributed by atoms with E-state index in [-0.39, 0.29) is 29.2 Å². The van der Waals surface area contributed by atoms with Gasteiger partial charge >= 0.3 is 5.97 Å². The second-order valence-electron chi connectivity index (χ2n) is 6.59. The van der Waals surface area contributed by atoms with Crippen LogP contribution in [-0.4, -0.2) is 44.0 Å². The highest BCUT2D eigenvalue weighted by Crippen LogP contribution is 2.37. The SMILES string of the molecule is COc1cc(C(=O)OCC(=O)N2CCSc3ccccc32)cc(Cl)c1OC(C)C. The van der Waals surface area contributed by atoms with Gasteiger partial charge in [0.1, 0.15) is 0 Å². The summed E-state index contributed by atoms with van der Waals surface area (Å²) in [7, 11) is 1.46. The molecule has 2 aromatic carbocycles. The number of carbonyl (C=O) groups is 2. The lowest BCUT2D eigenvalue weighted by Gasteiger charge is -2.28. The summed E-state index contributed by atoms with van der Waals surface area (Å²) in [5.41, 5.74) is 1.02. The van der Waals surface area contributed by atoms with Gasteiger partial charge in [-0.2, -0.15) is 0 Å². The van der Waals surface area contributed by atoms with E-state index in [0.29, 0.717) is 18.0 Å². The predicted octanol–water partition coefficient (Wildman–Crippen LogP) is 4.43. The Morgan fingerprint density at radius 2 is 2.00 bits per heavy atom. The van der Waals surface area contributed by atoms with E-state index in [0.717, 1.165) is 16.3 Å². The quantitative estimate of drug-likeness (QED) is 0.625. The number of methoxy groups -OCH3 is 1. The molecule has 0 saturated carbocycles. The first-order valence-corrected chi connectivity index (χ1v) is 10.5. The van der Waals surface area contributed by atoms with Crippen molar-refractivity contribution in [3.63, 3.8) is 0 Å². The summed E-state index contributed by atoms with van der Waals surface area (Å²) in [5.74, 6) is 0.546. The van der Waals surface area contributed by atoms with Crippen LogP contribution in [-0.2, 0) is 9.53 Å². The minimum Gasteiger partial charge on any atom is -0.493 e. The Kier molecular flexibility index (Phi) is 6.92. The Morgan fingerprint density at radius 3 is 2.72 bits per heavy atom. The molecule has 8 heteroatoms. The third kappa shape index (κ3) is 4.97. The molecule has 1 aliphatic rings. The van der Waals surface area contributed by atoms with Crippen molar-refractivity contribution in [3.8, 4) is 11.5 Å². The number of carbonyl (C=O) groups excluding carboxylic acids is 2. The molecule has 0 saturated heterocycles. The van der Waals surface area contributed by atoms with Gasteiger partial charge < -0.3 is 19.1 Å². The molecule has 0 radical (unpaired) electrons. The third-order valence-corrected chi connectivity index (χ3v) is 5.50. The number of nitrogens with zero attached hydrogens (tertiary/aromatic N) is 1. The normalized spacial score (nSPS) is 13.1. The monoisotopic (exact) mass is 435 g/mol. The van der Waals surface area contributed by atoms with Crippen LogP contribution in [0.5, 0.6) is 11.5 Å². The van der Waals surface area contributed by atoms with Crippen molar-refractivity contribution in [2.75, 3.05) is 30.9 Å². The number of hydrogen-bond donors (Lipinski definition) is 0. The number of esters is 1. The van der Waals surface area contributed by atoms with Crippen LogP contribution in [0.25, 0.3) is 0 Å². The number of fused-ring (bicyclic) bond motifs is 1. The van der Waals surface area contributed by atoms with Crippen LogP contribution in [0.15, 0.2) is 41.3 Å². The van der Waals surface area contributed by atoms with Crippen molar-refractivity contribution >= 4 is 40.9 Å². The van der Waals surface area contributed by atoms with E-state index in [1.165, 1.54) is 19.2 Å². The van der Waals surface area contributed by atoms with Gasteiger partial charge in [-0.3, -0.25) is 4.79 Å². The second kappa shape index (κ2) is 9.41. The van der Waals surface area contributed by atoms with E-state index >= 15 is 0 Å². The predicted molar refractivity (Wildman–Crippen MR) is 114 cm³/mol. The fraction of sp³-hybridized carbons (Fsp3) is 0.333. The largest absolute Gasteiger partial charge is 0.493 e. The highest BCUT2D eigenvalue weighted by molar-refractivity contribution is 7.99. The lowest BCUT2D eigenvalue weighted by atomic mass is 10.2. The Balaban J connectivity index is 1.70. The van der Waals surface area contributed by atoms with Crippen LogP contribution in [0, 0.1) is 0 Å². The summed E-state index contributed by atoms with van der Waals surface area (Å²) in [5, 5.41) is 0.235. The van der Waals surface area contributed by atoms with Crippen LogP contribution in [0.1, 0.15) is 24.2 Å². The summed E-state index contributed by atoms with van der Waals surface area (Å²) >= 11 is 7.95. The topological polar surface area (TPSA) is 65.1 Å². The summed E-state index contributed by atoms with van der Waals surface area (Å²) in [6, 6.07) is 10.6. The molecule has 2 aromatic rings. The molecule has 1 aliphatic heterocycles. The summed E-state index contributed by atoms with van der Waals surface area (Å²) < 4.78 is 16.2. The van der Waals surface area contributed by atoms with E-state index < -0.39 is 5.97 Å². The molecule has 0 bridgehead atoms. The Hall–Kier alpha value is -2.38. The molecular weight excluding hydrogens is 414 g/mol. The zero-order chi connectivity index (χ0) is 21.0. The first-order valence-electron chi connectivity index (χ1n) is 9.14. The smallest absolute Gasteiger partial charge is 0.338 e. The van der Waals surface area contributed by atoms with Gasteiger partial charge in [0.25, 0.3) is 5.91 Å². The number of anilines is 1. The average molecular weight is 436 g/mol. The molecule has 3 rings (SSSR count). The van der Waals surface area contributed by atoms with Crippen molar-refractivity contribution in [3.05, 3.63) is 47.0 Å². The Labute approximate surface area is 179 Å². The van der Waals surface area contributed by atoms with E-state index in [1.54, 1.807) is 16.7 Å². The van der Waals surface area contributed by atoms with Crippen molar-refractivity contribution in [2.24, 2.45) is 0 Å². The van der Waals surface area contributed by atoms with Gasteiger partial charge in [-0.15, -0.1) is 11.8 Å². The first-order chi connectivity index (χ1) is 13.9. The van der Waals surface area contributed by atoms with Gasteiger partial charge in [0.15, 0.2) is 18.1 Å². The molecule has 154 valence electrons. The molecule has 0 atom stereocenters. The number of thioether (sulfide) groups is 1. The fourth-order valence-electron chi connectivity index (χ4n) is 2.90. The zero-order valence-electron chi connectivity index (χ0n) is 16.4. The van der Waals surface area contributed by atoms with Crippen LogP contribution in [0.4, 0.5) is 5.69 Å². The molecule has 1 heterocycles. The molecule has 1 amide bonds. The Morgan fingerprint density at radius 1 is 1.24 bits per heavy atom. The molecule has 0 fully saturated rings. The fourth-order valence-corrected chi connectivity index (χ4v) is 4.15. The molecule has 0 aliphatic carbocycles. The second-order valence-corrected chi connectivity index (χ2v) is 8.14. The maximum atomic E-state index is 12.6. The lowest BCUT2D eigenvalue weighted by molar-refractivity contribution is -0.121. The standard InChI is InChI=1S/C21H22ClNO5S/c1-13(2)28-20-15(22)10-14(11-17(20)26-3)21(25)27-12-19(24)23-8-9-29-18-7-5-4-6-16(18)23/h4-7,10-11,13H,8-9,12H2,1-3H3. The summed E-state index contributed by atoms with van der Waals surface area (Å²) in [6.07, 6.45) is -0.109. The van der Waals surface area contributed by atoms with Gasteiger partial charge in [0, 0.05) is 17.2 Å². The summed E-state index contributed by atoms with van der Waals surface area (Å²) in [6.45, 7) is 3.93. The molecule has 6 nitrogen and oxygen atoms in total. The highest BCUT2D eigenvalue weighted by Gasteiger charge is 2.24. The third-order valence-electron chi connectivity index (χ3n) is 4.18. The van der Waals surface area contributed by atoms with E-state index in [1.807, 2.05) is 38.1 Å². The molecule has 0 aromatic heterocycles. The van der Waals surface area contributed by atoms with Crippen molar-refractivity contribution < 1.29 is 23.8 Å². The molecule has 29 heavy (non-hydrogen) atoms. The number of halogens is 1. The number of hydrogen-bond acceptors (Lipinski definition) is 6. The van der Waals surface area contributed by atoms with E-state index in [2.05, 4.69) is 0 Å². The molecule has 0 N–H and O–H groups in total. The van der Waals surface area contributed by atoms with Crippen LogP contribution >= 0.6 is 23.4 Å². The van der Waals surface area contributed by atoms with Crippen LogP contribution in [0.2, 0.25) is 5.02 Å². The maximum absolute atomic E-state index is 12.6. The first kappa shape index (κ1) is 21.3. The van der Waals surface area contributed by atoms with E-state index in [4.69, 9.17) is 25.8 Å². The number of amides is 1. The number of rotatable bonds is 6. The van der Waals surface area contributed by atoms with Gasteiger partial charge in [-0.25, -0.2) is 4.79 Å². The maximum Gasteiger partial charge on any atom is 0.338 e. The van der Waals surface area contributed by atoms with Gasteiger partial charge in [-0.05, 0) is 38.1 Å². The molecule has 0 spiro atoms. The highest BCUT2D eigenvalue weighted by atomic mass is 35.5. The van der Waals surface area contributed by atoms with Crippen molar-refractivity contribution in [2.45, 2.75) is 24.8 Å². The summed E-state index contributed by atoms with van der Waals surface area (Å²) in [4.78, 5) is 27.8. The number of ether oxygens (including phenoxy) is 3. The van der Waals surface area contributed by atoms with Crippen LogP contribution < -0.4 is 14.4 Å². The average Bonchev–Trinajstić information content (AvgIpc) is 2.72. The number of para-hydroxylation sites is 1. The van der Waals surface area contributed by atoms with Gasteiger partial charge in [-0.1, -0.05) is 23.7 Å². The molecular formula is C21H22ClNO5S. The zero-order valence-corrected chi connectivity index (χ0v) is 18.0. The van der Waals surface area contributed by atoms with Crippen molar-refractivity contribution in [1.29, 1.82) is 0 Å². The van der Waals surface area contributed by atoms with Crippen LogP contribution in [0.3, 0.4) is 0 Å². The van der Waals surface area contributed by atoms with Crippen molar-refractivity contribution in [1.82, 2.24) is 0 Å². The number of benzene rings is 2. The lowest BCUT2D eigenvalue weighted by Crippen LogP contribution is -2.38. The molecule has 0 unspecified atom stereocenters. The minimum absolute atomic E-state index is 0.109. The van der Waals surface area contributed by atoms with Gasteiger partial charge in [0.2, 0.25) is 0 Å².